The van der Waals surface area contributed by atoms with E-state index in [-0.39, 0.29) is 23.7 Å². The number of aromatic nitrogens is 1. The minimum Gasteiger partial charge on any atom is -0.491 e. The molecule has 0 spiro atoms. The summed E-state index contributed by atoms with van der Waals surface area (Å²) in [6.07, 6.45) is -3.96. The molecule has 1 rings (SSSR count). The molecule has 0 saturated carbocycles. The highest BCUT2D eigenvalue weighted by Gasteiger charge is 2.33. The van der Waals surface area contributed by atoms with Gasteiger partial charge in [-0.25, -0.2) is 0 Å². The van der Waals surface area contributed by atoms with Crippen molar-refractivity contribution in [3.8, 4) is 11.5 Å². The predicted octanol–water partition coefficient (Wildman–Crippen LogP) is 1.03. The van der Waals surface area contributed by atoms with Crippen LogP contribution in [0.5, 0.6) is 11.5 Å². The zero-order valence-corrected chi connectivity index (χ0v) is 8.34. The number of halogens is 3. The topological polar surface area (TPSA) is 83.4 Å². The molecule has 8 heteroatoms. The summed E-state index contributed by atoms with van der Waals surface area (Å²) >= 11 is 0. The third kappa shape index (κ3) is 2.66. The van der Waals surface area contributed by atoms with Crippen molar-refractivity contribution < 1.29 is 22.6 Å². The van der Waals surface area contributed by atoms with Crippen molar-refractivity contribution in [2.24, 2.45) is 5.73 Å². The van der Waals surface area contributed by atoms with E-state index in [1.807, 2.05) is 0 Å². The smallest absolute Gasteiger partial charge is 0.491 e. The van der Waals surface area contributed by atoms with Crippen molar-refractivity contribution in [2.45, 2.75) is 12.9 Å². The first-order chi connectivity index (χ1) is 7.39. The second kappa shape index (κ2) is 4.44. The Labute approximate surface area is 89.1 Å². The standard InChI is InChI=1S/C8H10F3N3O2/c1-15-7-5(16-8(9,10)11)3-14-4(2-12)6(7)13/h3H,2,12-13H2,1H3. The lowest BCUT2D eigenvalue weighted by Crippen LogP contribution is -2.18. The first-order valence-corrected chi connectivity index (χ1v) is 4.16. The molecule has 90 valence electrons. The lowest BCUT2D eigenvalue weighted by Gasteiger charge is -2.14. The highest BCUT2D eigenvalue weighted by Crippen LogP contribution is 2.37. The van der Waals surface area contributed by atoms with Gasteiger partial charge in [0.2, 0.25) is 0 Å². The lowest BCUT2D eigenvalue weighted by atomic mass is 10.2. The average Bonchev–Trinajstić information content (AvgIpc) is 2.16. The fourth-order valence-corrected chi connectivity index (χ4v) is 1.10. The van der Waals surface area contributed by atoms with Crippen molar-refractivity contribution in [3.63, 3.8) is 0 Å². The Bertz CT molecular complexity index is 382. The van der Waals surface area contributed by atoms with Crippen LogP contribution in [0.3, 0.4) is 0 Å². The number of anilines is 1. The fraction of sp³-hybridized carbons (Fsp3) is 0.375. The Kier molecular flexibility index (Phi) is 3.43. The van der Waals surface area contributed by atoms with Gasteiger partial charge in [0.15, 0.2) is 11.5 Å². The Morgan fingerprint density at radius 2 is 2.06 bits per heavy atom. The molecular weight excluding hydrogens is 227 g/mol. The van der Waals surface area contributed by atoms with Crippen LogP contribution in [0.25, 0.3) is 0 Å². The van der Waals surface area contributed by atoms with Gasteiger partial charge >= 0.3 is 6.36 Å². The Morgan fingerprint density at radius 3 is 2.50 bits per heavy atom. The SMILES string of the molecule is COc1c(OC(F)(F)F)cnc(CN)c1N. The van der Waals surface area contributed by atoms with Gasteiger partial charge < -0.3 is 20.9 Å². The molecule has 0 bridgehead atoms. The Balaban J connectivity index is 3.16. The number of rotatable bonds is 3. The molecule has 0 aliphatic rings. The van der Waals surface area contributed by atoms with Crippen LogP contribution < -0.4 is 20.9 Å². The highest BCUT2D eigenvalue weighted by molar-refractivity contribution is 5.62. The van der Waals surface area contributed by atoms with Crippen LogP contribution in [0.15, 0.2) is 6.20 Å². The number of alkyl halides is 3. The van der Waals surface area contributed by atoms with Crippen LogP contribution in [-0.4, -0.2) is 18.5 Å². The minimum absolute atomic E-state index is 0.00547. The summed E-state index contributed by atoms with van der Waals surface area (Å²) in [4.78, 5) is 3.63. The van der Waals surface area contributed by atoms with E-state index in [4.69, 9.17) is 16.2 Å². The zero-order valence-electron chi connectivity index (χ0n) is 8.34. The molecule has 0 amide bonds. The van der Waals surface area contributed by atoms with Gasteiger partial charge in [0.05, 0.1) is 19.0 Å². The van der Waals surface area contributed by atoms with Gasteiger partial charge in [0, 0.05) is 6.54 Å². The summed E-state index contributed by atoms with van der Waals surface area (Å²) in [6.45, 7) is -0.00547. The summed E-state index contributed by atoms with van der Waals surface area (Å²) in [7, 11) is 1.18. The highest BCUT2D eigenvalue weighted by atomic mass is 19.4. The minimum atomic E-state index is -4.83. The summed E-state index contributed by atoms with van der Waals surface area (Å²) in [5.41, 5.74) is 11.0. The summed E-state index contributed by atoms with van der Waals surface area (Å²) in [5, 5.41) is 0. The number of ether oxygens (including phenoxy) is 2. The number of nitrogens with zero attached hydrogens (tertiary/aromatic N) is 1. The number of nitrogens with two attached hydrogens (primary N) is 2. The largest absolute Gasteiger partial charge is 0.573 e. The molecule has 1 aromatic heterocycles. The van der Waals surface area contributed by atoms with Gasteiger partial charge in [-0.05, 0) is 0 Å². The van der Waals surface area contributed by atoms with Gasteiger partial charge in [0.25, 0.3) is 0 Å². The Morgan fingerprint density at radius 1 is 1.44 bits per heavy atom. The van der Waals surface area contributed by atoms with Gasteiger partial charge in [-0.1, -0.05) is 0 Å². The van der Waals surface area contributed by atoms with Gasteiger partial charge in [-0.15, -0.1) is 13.2 Å². The molecule has 0 unspecified atom stereocenters. The van der Waals surface area contributed by atoms with E-state index < -0.39 is 12.1 Å². The predicted molar refractivity (Wildman–Crippen MR) is 49.8 cm³/mol. The molecule has 0 saturated heterocycles. The summed E-state index contributed by atoms with van der Waals surface area (Å²) in [6, 6.07) is 0. The number of methoxy groups -OCH3 is 1. The second-order valence-corrected chi connectivity index (χ2v) is 2.77. The van der Waals surface area contributed by atoms with Gasteiger partial charge in [-0.3, -0.25) is 4.98 Å². The number of pyridine rings is 1. The van der Waals surface area contributed by atoms with Gasteiger partial charge in [0.1, 0.15) is 5.69 Å². The molecule has 0 radical (unpaired) electrons. The molecule has 4 N–H and O–H groups in total. The molecular formula is C8H10F3N3O2. The van der Waals surface area contributed by atoms with Crippen molar-refractivity contribution in [1.29, 1.82) is 0 Å². The van der Waals surface area contributed by atoms with Crippen LogP contribution in [0, 0.1) is 0 Å². The fourth-order valence-electron chi connectivity index (χ4n) is 1.10. The molecule has 1 aromatic rings. The third-order valence-electron chi connectivity index (χ3n) is 1.74. The maximum absolute atomic E-state index is 12.0. The Hall–Kier alpha value is -1.70. The number of hydrogen-bond acceptors (Lipinski definition) is 5. The summed E-state index contributed by atoms with van der Waals surface area (Å²) < 4.78 is 44.4. The maximum Gasteiger partial charge on any atom is 0.573 e. The van der Waals surface area contributed by atoms with E-state index in [0.29, 0.717) is 0 Å². The van der Waals surface area contributed by atoms with E-state index in [1.165, 1.54) is 7.11 Å². The molecule has 0 aromatic carbocycles. The molecule has 0 aliphatic heterocycles. The quantitative estimate of drug-likeness (QED) is 0.820. The van der Waals surface area contributed by atoms with E-state index >= 15 is 0 Å². The average molecular weight is 237 g/mol. The first kappa shape index (κ1) is 12.4. The summed E-state index contributed by atoms with van der Waals surface area (Å²) in [5.74, 6) is -0.822. The first-order valence-electron chi connectivity index (χ1n) is 4.16. The van der Waals surface area contributed by atoms with E-state index in [9.17, 15) is 13.2 Å². The van der Waals surface area contributed by atoms with Crippen molar-refractivity contribution in [3.05, 3.63) is 11.9 Å². The zero-order chi connectivity index (χ0) is 12.3. The molecule has 0 fully saturated rings. The molecule has 16 heavy (non-hydrogen) atoms. The third-order valence-corrected chi connectivity index (χ3v) is 1.74. The van der Waals surface area contributed by atoms with E-state index in [2.05, 4.69) is 9.72 Å². The molecule has 0 atom stereocenters. The van der Waals surface area contributed by atoms with Crippen molar-refractivity contribution >= 4 is 5.69 Å². The van der Waals surface area contributed by atoms with Crippen molar-refractivity contribution in [2.75, 3.05) is 12.8 Å². The van der Waals surface area contributed by atoms with Gasteiger partial charge in [-0.2, -0.15) is 0 Å². The van der Waals surface area contributed by atoms with E-state index in [1.54, 1.807) is 0 Å². The molecule has 1 heterocycles. The van der Waals surface area contributed by atoms with Crippen LogP contribution in [0.1, 0.15) is 5.69 Å². The molecule has 5 nitrogen and oxygen atoms in total. The van der Waals surface area contributed by atoms with Crippen molar-refractivity contribution in [1.82, 2.24) is 4.98 Å². The van der Waals surface area contributed by atoms with E-state index in [0.717, 1.165) is 6.20 Å². The van der Waals surface area contributed by atoms with Crippen LogP contribution in [0.4, 0.5) is 18.9 Å². The normalized spacial score (nSPS) is 11.3. The maximum atomic E-state index is 12.0. The number of hydrogen-bond donors (Lipinski definition) is 2. The lowest BCUT2D eigenvalue weighted by molar-refractivity contribution is -0.275. The van der Waals surface area contributed by atoms with Crippen LogP contribution in [-0.2, 0) is 6.54 Å². The second-order valence-electron chi connectivity index (χ2n) is 2.77. The van der Waals surface area contributed by atoms with Crippen LogP contribution in [0.2, 0.25) is 0 Å². The number of nitrogen functional groups attached to an aromatic ring is 1. The van der Waals surface area contributed by atoms with Crippen LogP contribution >= 0.6 is 0 Å². The molecule has 0 aliphatic carbocycles. The monoisotopic (exact) mass is 237 g/mol.